The maximum absolute atomic E-state index is 12.8. The number of amides is 1. The summed E-state index contributed by atoms with van der Waals surface area (Å²) in [7, 11) is -0.279. The molecule has 0 spiro atoms. The van der Waals surface area contributed by atoms with Crippen LogP contribution in [0.2, 0.25) is 0 Å². The van der Waals surface area contributed by atoms with Crippen LogP contribution in [0.4, 0.5) is 5.69 Å². The van der Waals surface area contributed by atoms with Gasteiger partial charge in [0.1, 0.15) is 5.75 Å². The van der Waals surface area contributed by atoms with Crippen LogP contribution in [0.15, 0.2) is 52.5 Å². The molecule has 3 aromatic rings. The summed E-state index contributed by atoms with van der Waals surface area (Å²) < 4.78 is 34.2. The van der Waals surface area contributed by atoms with Gasteiger partial charge in [0.05, 0.1) is 34.5 Å². The van der Waals surface area contributed by atoms with Crippen molar-refractivity contribution >= 4 is 44.4 Å². The summed E-state index contributed by atoms with van der Waals surface area (Å²) in [4.78, 5) is 17.3. The lowest BCUT2D eigenvalue weighted by Gasteiger charge is -2.19. The number of aryl methyl sites for hydroxylation is 1. The van der Waals surface area contributed by atoms with Crippen LogP contribution in [0, 0.1) is 0 Å². The van der Waals surface area contributed by atoms with Crippen LogP contribution in [0.5, 0.6) is 5.75 Å². The molecule has 0 saturated carbocycles. The van der Waals surface area contributed by atoms with Crippen LogP contribution < -0.4 is 10.1 Å². The monoisotopic (exact) mass is 462 g/mol. The third-order valence-corrected chi connectivity index (χ3v) is 7.94. The first-order valence-corrected chi connectivity index (χ1v) is 12.3. The van der Waals surface area contributed by atoms with Crippen molar-refractivity contribution in [3.8, 4) is 5.75 Å². The van der Waals surface area contributed by atoms with Crippen LogP contribution in [-0.4, -0.2) is 54.1 Å². The maximum Gasteiger partial charge on any atom is 0.243 e. The molecule has 1 aromatic heterocycles. The summed E-state index contributed by atoms with van der Waals surface area (Å²) >= 11 is 1.31. The van der Waals surface area contributed by atoms with Gasteiger partial charge in [-0.05, 0) is 30.3 Å². The molecule has 8 nitrogen and oxygen atoms in total. The molecule has 0 fully saturated rings. The third kappa shape index (κ3) is 4.86. The predicted molar refractivity (Wildman–Crippen MR) is 123 cm³/mol. The number of imidazole rings is 1. The van der Waals surface area contributed by atoms with Crippen LogP contribution in [0.25, 0.3) is 11.0 Å². The standard InChI is InChI=1S/C21H26N4O4S2/c1-5-25(6-2)31(27,28)15-11-12-19(29-4)17(13-15)22-20(26)14-30-21-23-16-9-7-8-10-18(16)24(21)3/h7-13H,5-6,14H2,1-4H3,(H,22,26). The van der Waals surface area contributed by atoms with Crippen LogP contribution in [-0.2, 0) is 21.9 Å². The number of hydrogen-bond donors (Lipinski definition) is 1. The van der Waals surface area contributed by atoms with Gasteiger partial charge in [0, 0.05) is 20.1 Å². The summed E-state index contributed by atoms with van der Waals surface area (Å²) in [5.74, 6) is 0.222. The van der Waals surface area contributed by atoms with E-state index in [1.54, 1.807) is 19.9 Å². The molecule has 0 radical (unpaired) electrons. The number of para-hydroxylation sites is 2. The minimum absolute atomic E-state index is 0.107. The van der Waals surface area contributed by atoms with Gasteiger partial charge in [-0.2, -0.15) is 4.31 Å². The second-order valence-corrected chi connectivity index (χ2v) is 9.61. The Hall–Kier alpha value is -2.56. The molecular formula is C21H26N4O4S2. The van der Waals surface area contributed by atoms with Gasteiger partial charge in [0.15, 0.2) is 5.16 Å². The van der Waals surface area contributed by atoms with Gasteiger partial charge < -0.3 is 14.6 Å². The lowest BCUT2D eigenvalue weighted by Crippen LogP contribution is -2.30. The zero-order valence-electron chi connectivity index (χ0n) is 18.0. The average molecular weight is 463 g/mol. The highest BCUT2D eigenvalue weighted by molar-refractivity contribution is 7.99. The highest BCUT2D eigenvalue weighted by atomic mass is 32.2. The Bertz CT molecular complexity index is 1190. The van der Waals surface area contributed by atoms with E-state index in [4.69, 9.17) is 4.74 Å². The van der Waals surface area contributed by atoms with Crippen LogP contribution in [0.1, 0.15) is 13.8 Å². The Morgan fingerprint density at radius 1 is 1.19 bits per heavy atom. The van der Waals surface area contributed by atoms with E-state index >= 15 is 0 Å². The number of fused-ring (bicyclic) bond motifs is 1. The number of anilines is 1. The highest BCUT2D eigenvalue weighted by Gasteiger charge is 2.23. The quantitative estimate of drug-likeness (QED) is 0.490. The summed E-state index contributed by atoms with van der Waals surface area (Å²) in [6.45, 7) is 4.29. The van der Waals surface area contributed by atoms with Gasteiger partial charge in [-0.25, -0.2) is 13.4 Å². The minimum atomic E-state index is -3.65. The van der Waals surface area contributed by atoms with Gasteiger partial charge in [-0.3, -0.25) is 4.79 Å². The van der Waals surface area contributed by atoms with Crippen molar-refractivity contribution < 1.29 is 17.9 Å². The molecule has 1 heterocycles. The van der Waals surface area contributed by atoms with E-state index in [1.165, 1.54) is 35.3 Å². The molecular weight excluding hydrogens is 436 g/mol. The average Bonchev–Trinajstić information content (AvgIpc) is 3.08. The first-order chi connectivity index (χ1) is 14.8. The number of nitrogens with one attached hydrogen (secondary N) is 1. The summed E-state index contributed by atoms with van der Waals surface area (Å²) in [5.41, 5.74) is 2.16. The molecule has 166 valence electrons. The van der Waals surface area contributed by atoms with Crippen LogP contribution >= 0.6 is 11.8 Å². The Labute approximate surface area is 186 Å². The van der Waals surface area contributed by atoms with Gasteiger partial charge in [0.2, 0.25) is 15.9 Å². The third-order valence-electron chi connectivity index (χ3n) is 4.87. The number of thioether (sulfide) groups is 1. The van der Waals surface area contributed by atoms with Crippen molar-refractivity contribution in [2.45, 2.75) is 23.9 Å². The predicted octanol–water partition coefficient (Wildman–Crippen LogP) is 3.34. The molecule has 2 aromatic carbocycles. The second-order valence-electron chi connectivity index (χ2n) is 6.73. The molecule has 0 saturated heterocycles. The lowest BCUT2D eigenvalue weighted by atomic mass is 10.3. The second kappa shape index (κ2) is 9.71. The molecule has 0 aliphatic rings. The molecule has 0 unspecified atom stereocenters. The number of hydrogen-bond acceptors (Lipinski definition) is 6. The van der Waals surface area contributed by atoms with E-state index in [9.17, 15) is 13.2 Å². The van der Waals surface area contributed by atoms with Gasteiger partial charge >= 0.3 is 0 Å². The first-order valence-electron chi connectivity index (χ1n) is 9.84. The first kappa shape index (κ1) is 23.1. The number of nitrogens with zero attached hydrogens (tertiary/aromatic N) is 3. The van der Waals surface area contributed by atoms with Crippen molar-refractivity contribution in [2.75, 3.05) is 31.3 Å². The van der Waals surface area contributed by atoms with E-state index in [-0.39, 0.29) is 16.6 Å². The fourth-order valence-electron chi connectivity index (χ4n) is 3.23. The van der Waals surface area contributed by atoms with E-state index in [0.717, 1.165) is 16.2 Å². The minimum Gasteiger partial charge on any atom is -0.495 e. The van der Waals surface area contributed by atoms with E-state index < -0.39 is 10.0 Å². The Kier molecular flexibility index (Phi) is 7.24. The maximum atomic E-state index is 12.8. The summed E-state index contributed by atoms with van der Waals surface area (Å²) in [6.07, 6.45) is 0. The zero-order valence-corrected chi connectivity index (χ0v) is 19.6. The molecule has 1 amide bonds. The molecule has 3 rings (SSSR count). The zero-order chi connectivity index (χ0) is 22.6. The number of rotatable bonds is 9. The Morgan fingerprint density at radius 3 is 2.55 bits per heavy atom. The van der Waals surface area contributed by atoms with E-state index in [2.05, 4.69) is 10.3 Å². The Morgan fingerprint density at radius 2 is 1.90 bits per heavy atom. The topological polar surface area (TPSA) is 93.5 Å². The highest BCUT2D eigenvalue weighted by Crippen LogP contribution is 2.29. The van der Waals surface area contributed by atoms with Crippen molar-refractivity contribution in [1.29, 1.82) is 0 Å². The van der Waals surface area contributed by atoms with Gasteiger partial charge in [-0.15, -0.1) is 0 Å². The van der Waals surface area contributed by atoms with Crippen molar-refractivity contribution in [1.82, 2.24) is 13.9 Å². The van der Waals surface area contributed by atoms with E-state index in [0.29, 0.717) is 24.5 Å². The largest absolute Gasteiger partial charge is 0.495 e. The van der Waals surface area contributed by atoms with Crippen molar-refractivity contribution in [3.63, 3.8) is 0 Å². The molecule has 0 aliphatic carbocycles. The molecule has 1 N–H and O–H groups in total. The number of aromatic nitrogens is 2. The fourth-order valence-corrected chi connectivity index (χ4v) is 5.50. The smallest absolute Gasteiger partial charge is 0.243 e. The van der Waals surface area contributed by atoms with Crippen molar-refractivity contribution in [3.05, 3.63) is 42.5 Å². The molecule has 10 heteroatoms. The SMILES string of the molecule is CCN(CC)S(=O)(=O)c1ccc(OC)c(NC(=O)CSc2nc3ccccc3n2C)c1. The number of carbonyl (C=O) groups is 1. The number of carbonyl (C=O) groups excluding carboxylic acids is 1. The van der Waals surface area contributed by atoms with Gasteiger partial charge in [-0.1, -0.05) is 37.7 Å². The number of sulfonamides is 1. The normalized spacial score (nSPS) is 11.8. The van der Waals surface area contributed by atoms with Gasteiger partial charge in [0.25, 0.3) is 0 Å². The molecule has 0 aliphatic heterocycles. The molecule has 0 atom stereocenters. The molecule has 0 bridgehead atoms. The van der Waals surface area contributed by atoms with Crippen molar-refractivity contribution in [2.24, 2.45) is 7.05 Å². The number of methoxy groups -OCH3 is 1. The number of ether oxygens (including phenoxy) is 1. The Balaban J connectivity index is 1.77. The fraction of sp³-hybridized carbons (Fsp3) is 0.333. The van der Waals surface area contributed by atoms with E-state index in [1.807, 2.05) is 35.9 Å². The van der Waals surface area contributed by atoms with Crippen LogP contribution in [0.3, 0.4) is 0 Å². The summed E-state index contributed by atoms with van der Waals surface area (Å²) in [5, 5.41) is 3.49. The number of benzene rings is 2. The molecule has 31 heavy (non-hydrogen) atoms. The summed E-state index contributed by atoms with van der Waals surface area (Å²) in [6, 6.07) is 12.2. The lowest BCUT2D eigenvalue weighted by molar-refractivity contribution is -0.113.